The second-order valence-electron chi connectivity index (χ2n) is 6.39. The minimum atomic E-state index is 0.286. The van der Waals surface area contributed by atoms with Crippen molar-refractivity contribution in [2.45, 2.75) is 65.2 Å². The van der Waals surface area contributed by atoms with Crippen LogP contribution >= 0.6 is 0 Å². The number of nitrogens with two attached hydrogens (primary N) is 1. The standard InChI is InChI=1S/C13H17NO.C5H10.C2H6.CH6N2/c1-14-10-9-12(7-8-13(14)15)11-5-3-2-4-6-11;1-2-5-3-4-5;1-2;1-3-2/h2-6,12H,7-10H2,1H3;5H,2-4H2,1H3;1-2H3;3H,2H2,1H3/t12-;;;/m1.../s1. The molecule has 4 heteroatoms. The number of amides is 1. The van der Waals surface area contributed by atoms with Crippen molar-refractivity contribution in [3.63, 3.8) is 0 Å². The van der Waals surface area contributed by atoms with Gasteiger partial charge in [0.15, 0.2) is 0 Å². The first-order valence-electron chi connectivity index (χ1n) is 9.78. The maximum absolute atomic E-state index is 11.5. The van der Waals surface area contributed by atoms with Crippen molar-refractivity contribution in [2.24, 2.45) is 11.8 Å². The van der Waals surface area contributed by atoms with Crippen LogP contribution < -0.4 is 11.3 Å². The van der Waals surface area contributed by atoms with E-state index in [0.717, 1.165) is 25.3 Å². The molecule has 1 amide bonds. The first-order valence-corrected chi connectivity index (χ1v) is 9.78. The van der Waals surface area contributed by atoms with E-state index in [-0.39, 0.29) is 5.91 Å². The number of hydrogen-bond donors (Lipinski definition) is 2. The third-order valence-electron chi connectivity index (χ3n) is 4.49. The maximum Gasteiger partial charge on any atom is 0.222 e. The highest BCUT2D eigenvalue weighted by Gasteiger charge is 2.20. The van der Waals surface area contributed by atoms with Gasteiger partial charge >= 0.3 is 0 Å². The lowest BCUT2D eigenvalue weighted by Gasteiger charge is -2.15. The van der Waals surface area contributed by atoms with Crippen LogP contribution in [-0.4, -0.2) is 31.4 Å². The van der Waals surface area contributed by atoms with E-state index in [1.807, 2.05) is 31.9 Å². The highest BCUT2D eigenvalue weighted by molar-refractivity contribution is 5.76. The number of benzene rings is 1. The number of hydrazine groups is 1. The van der Waals surface area contributed by atoms with Crippen LogP contribution in [0.25, 0.3) is 0 Å². The number of likely N-dealkylation sites (tertiary alicyclic amines) is 1. The summed E-state index contributed by atoms with van der Waals surface area (Å²) in [5.41, 5.74) is 3.63. The second-order valence-corrected chi connectivity index (χ2v) is 6.39. The van der Waals surface area contributed by atoms with E-state index >= 15 is 0 Å². The number of carbonyl (C=O) groups excluding carboxylic acids is 1. The van der Waals surface area contributed by atoms with Gasteiger partial charge < -0.3 is 4.90 Å². The molecule has 0 radical (unpaired) electrons. The van der Waals surface area contributed by atoms with E-state index < -0.39 is 0 Å². The molecule has 1 atom stereocenters. The van der Waals surface area contributed by atoms with E-state index in [0.29, 0.717) is 12.3 Å². The Labute approximate surface area is 155 Å². The lowest BCUT2D eigenvalue weighted by atomic mass is 9.92. The Kier molecular flexibility index (Phi) is 14.1. The summed E-state index contributed by atoms with van der Waals surface area (Å²) < 4.78 is 0. The fourth-order valence-corrected chi connectivity index (χ4v) is 2.69. The third kappa shape index (κ3) is 11.0. The molecule has 25 heavy (non-hydrogen) atoms. The summed E-state index contributed by atoms with van der Waals surface area (Å²) in [6, 6.07) is 10.5. The topological polar surface area (TPSA) is 58.4 Å². The van der Waals surface area contributed by atoms with Crippen LogP contribution in [0.4, 0.5) is 0 Å². The smallest absolute Gasteiger partial charge is 0.222 e. The summed E-state index contributed by atoms with van der Waals surface area (Å²) >= 11 is 0. The first kappa shape index (κ1) is 23.6. The molecular weight excluding hydrogens is 310 g/mol. The molecule has 1 saturated carbocycles. The van der Waals surface area contributed by atoms with Gasteiger partial charge in [-0.15, -0.1) is 0 Å². The Morgan fingerprint density at radius 1 is 1.12 bits per heavy atom. The van der Waals surface area contributed by atoms with E-state index in [9.17, 15) is 4.79 Å². The Balaban J connectivity index is 0.000000476. The van der Waals surface area contributed by atoms with Gasteiger partial charge in [0.05, 0.1) is 0 Å². The van der Waals surface area contributed by atoms with Gasteiger partial charge in [-0.1, -0.05) is 70.4 Å². The molecule has 2 fully saturated rings. The molecule has 0 bridgehead atoms. The minimum absolute atomic E-state index is 0.286. The molecule has 1 aromatic carbocycles. The fourth-order valence-electron chi connectivity index (χ4n) is 2.69. The molecule has 1 aliphatic heterocycles. The van der Waals surface area contributed by atoms with E-state index in [1.54, 1.807) is 7.05 Å². The molecule has 1 aromatic rings. The number of hydrogen-bond acceptors (Lipinski definition) is 3. The summed E-state index contributed by atoms with van der Waals surface area (Å²) in [5, 5.41) is 0. The largest absolute Gasteiger partial charge is 0.346 e. The summed E-state index contributed by atoms with van der Waals surface area (Å²) in [7, 11) is 3.55. The van der Waals surface area contributed by atoms with Crippen LogP contribution in [-0.2, 0) is 4.79 Å². The summed E-state index contributed by atoms with van der Waals surface area (Å²) in [5.74, 6) is 6.57. The van der Waals surface area contributed by atoms with Gasteiger partial charge in [0, 0.05) is 20.0 Å². The molecule has 0 aromatic heterocycles. The van der Waals surface area contributed by atoms with Crippen LogP contribution in [0.2, 0.25) is 0 Å². The van der Waals surface area contributed by atoms with Crippen molar-refractivity contribution in [3.8, 4) is 0 Å². The number of carbonyl (C=O) groups is 1. The highest BCUT2D eigenvalue weighted by atomic mass is 16.2. The van der Waals surface area contributed by atoms with Crippen LogP contribution in [0.3, 0.4) is 0 Å². The van der Waals surface area contributed by atoms with Crippen molar-refractivity contribution in [1.82, 2.24) is 10.3 Å². The molecule has 0 spiro atoms. The number of rotatable bonds is 2. The lowest BCUT2D eigenvalue weighted by Crippen LogP contribution is -2.25. The number of nitrogens with zero attached hydrogens (tertiary/aromatic N) is 1. The molecule has 3 N–H and O–H groups in total. The molecule has 1 heterocycles. The van der Waals surface area contributed by atoms with Gasteiger partial charge in [-0.2, -0.15) is 0 Å². The van der Waals surface area contributed by atoms with E-state index in [2.05, 4.69) is 42.5 Å². The van der Waals surface area contributed by atoms with E-state index in [4.69, 9.17) is 0 Å². The van der Waals surface area contributed by atoms with Crippen molar-refractivity contribution < 1.29 is 4.79 Å². The highest BCUT2D eigenvalue weighted by Crippen LogP contribution is 2.31. The first-order chi connectivity index (χ1) is 12.1. The van der Waals surface area contributed by atoms with Crippen LogP contribution in [0, 0.1) is 5.92 Å². The van der Waals surface area contributed by atoms with Crippen molar-refractivity contribution >= 4 is 5.91 Å². The van der Waals surface area contributed by atoms with Crippen LogP contribution in [0.5, 0.6) is 0 Å². The normalized spacial score (nSPS) is 19.2. The van der Waals surface area contributed by atoms with Crippen molar-refractivity contribution in [1.29, 1.82) is 0 Å². The Bertz CT molecular complexity index is 432. The molecule has 4 nitrogen and oxygen atoms in total. The zero-order valence-electron chi connectivity index (χ0n) is 16.9. The van der Waals surface area contributed by atoms with Gasteiger partial charge in [0.1, 0.15) is 0 Å². The van der Waals surface area contributed by atoms with Gasteiger partial charge in [-0.25, -0.2) is 0 Å². The maximum atomic E-state index is 11.5. The van der Waals surface area contributed by atoms with Gasteiger partial charge in [-0.3, -0.25) is 16.1 Å². The average Bonchev–Trinajstić information content (AvgIpc) is 3.50. The Morgan fingerprint density at radius 3 is 2.12 bits per heavy atom. The van der Waals surface area contributed by atoms with Gasteiger partial charge in [-0.05, 0) is 37.3 Å². The minimum Gasteiger partial charge on any atom is -0.346 e. The molecular formula is C21H39N3O. The van der Waals surface area contributed by atoms with Crippen molar-refractivity contribution in [2.75, 3.05) is 20.6 Å². The molecule has 1 saturated heterocycles. The molecule has 0 unspecified atom stereocenters. The third-order valence-corrected chi connectivity index (χ3v) is 4.49. The summed E-state index contributed by atoms with van der Waals surface area (Å²) in [4.78, 5) is 13.4. The molecule has 144 valence electrons. The second kappa shape index (κ2) is 14.9. The zero-order valence-corrected chi connectivity index (χ0v) is 16.9. The molecule has 1 aliphatic carbocycles. The summed E-state index contributed by atoms with van der Waals surface area (Å²) in [6.45, 7) is 7.15. The Morgan fingerprint density at radius 2 is 1.68 bits per heavy atom. The Hall–Kier alpha value is -1.39. The predicted octanol–water partition coefficient (Wildman–Crippen LogP) is 4.32. The zero-order chi connectivity index (χ0) is 19.1. The van der Waals surface area contributed by atoms with Crippen LogP contribution in [0.1, 0.15) is 70.8 Å². The predicted molar refractivity (Wildman–Crippen MR) is 108 cm³/mol. The van der Waals surface area contributed by atoms with Gasteiger partial charge in [0.2, 0.25) is 5.91 Å². The van der Waals surface area contributed by atoms with E-state index in [1.165, 1.54) is 24.8 Å². The number of nitrogens with one attached hydrogen (secondary N) is 1. The van der Waals surface area contributed by atoms with Crippen LogP contribution in [0.15, 0.2) is 30.3 Å². The quantitative estimate of drug-likeness (QED) is 0.617. The lowest BCUT2D eigenvalue weighted by molar-refractivity contribution is -0.129. The summed E-state index contributed by atoms with van der Waals surface area (Å²) in [6.07, 6.45) is 7.21. The monoisotopic (exact) mass is 349 g/mol. The fraction of sp³-hybridized carbons (Fsp3) is 0.667. The van der Waals surface area contributed by atoms with Crippen molar-refractivity contribution in [3.05, 3.63) is 35.9 Å². The van der Waals surface area contributed by atoms with Gasteiger partial charge in [0.25, 0.3) is 0 Å². The SMILES string of the molecule is CC.CCC1CC1.CN1CC[C@H](c2ccccc2)CCC1=O.CNN. The molecule has 3 rings (SSSR count). The molecule has 2 aliphatic rings. The average molecular weight is 350 g/mol.